The standard InChI is InChI=1S/C21H25F3N4O/c22-21(23,24)19-9-5-4-6-17(19)16-28-14-12-27(13-15-28)11-10-25-20(29)26-18-7-2-1-3-8-18/h1-9H,10-16H2,(H2,25,26,29). The topological polar surface area (TPSA) is 47.6 Å². The van der Waals surface area contributed by atoms with Gasteiger partial charge in [0, 0.05) is 51.5 Å². The highest BCUT2D eigenvalue weighted by Crippen LogP contribution is 2.32. The number of para-hydroxylation sites is 1. The lowest BCUT2D eigenvalue weighted by molar-refractivity contribution is -0.138. The zero-order valence-electron chi connectivity index (χ0n) is 16.1. The molecule has 1 aliphatic heterocycles. The van der Waals surface area contributed by atoms with Crippen LogP contribution in [0.25, 0.3) is 0 Å². The summed E-state index contributed by atoms with van der Waals surface area (Å²) in [5.41, 5.74) is 0.488. The molecule has 0 radical (unpaired) electrons. The summed E-state index contributed by atoms with van der Waals surface area (Å²) < 4.78 is 39.4. The third-order valence-corrected chi connectivity index (χ3v) is 4.93. The summed E-state index contributed by atoms with van der Waals surface area (Å²) in [7, 11) is 0. The number of halogens is 3. The average molecular weight is 406 g/mol. The van der Waals surface area contributed by atoms with Crippen LogP contribution in [0.4, 0.5) is 23.7 Å². The van der Waals surface area contributed by atoms with Gasteiger partial charge in [-0.3, -0.25) is 9.80 Å². The zero-order valence-corrected chi connectivity index (χ0v) is 16.1. The summed E-state index contributed by atoms with van der Waals surface area (Å²) in [5.74, 6) is 0. The van der Waals surface area contributed by atoms with Crippen LogP contribution in [0.3, 0.4) is 0 Å². The highest BCUT2D eigenvalue weighted by atomic mass is 19.4. The molecule has 0 aliphatic carbocycles. The summed E-state index contributed by atoms with van der Waals surface area (Å²) >= 11 is 0. The molecule has 29 heavy (non-hydrogen) atoms. The van der Waals surface area contributed by atoms with E-state index < -0.39 is 11.7 Å². The first-order valence-corrected chi connectivity index (χ1v) is 9.61. The van der Waals surface area contributed by atoms with Crippen molar-refractivity contribution >= 4 is 11.7 Å². The number of piperazine rings is 1. The molecule has 5 nitrogen and oxygen atoms in total. The molecule has 0 unspecified atom stereocenters. The predicted octanol–water partition coefficient (Wildman–Crippen LogP) is 3.64. The van der Waals surface area contributed by atoms with Gasteiger partial charge in [0.15, 0.2) is 0 Å². The molecule has 2 aromatic carbocycles. The molecule has 1 heterocycles. The molecule has 0 spiro atoms. The molecular formula is C21H25F3N4O. The molecule has 8 heteroatoms. The molecule has 1 fully saturated rings. The molecule has 0 bridgehead atoms. The van der Waals surface area contributed by atoms with Gasteiger partial charge in [0.1, 0.15) is 0 Å². The van der Waals surface area contributed by atoms with Crippen LogP contribution >= 0.6 is 0 Å². The number of nitrogens with zero attached hydrogens (tertiary/aromatic N) is 2. The first-order valence-electron chi connectivity index (χ1n) is 9.61. The maximum absolute atomic E-state index is 13.1. The number of carbonyl (C=O) groups excluding carboxylic acids is 1. The van der Waals surface area contributed by atoms with E-state index in [0.29, 0.717) is 38.3 Å². The summed E-state index contributed by atoms with van der Waals surface area (Å²) in [6.07, 6.45) is -4.33. The lowest BCUT2D eigenvalue weighted by Crippen LogP contribution is -2.48. The predicted molar refractivity (Wildman–Crippen MR) is 107 cm³/mol. The van der Waals surface area contributed by atoms with Crippen molar-refractivity contribution in [1.29, 1.82) is 0 Å². The second-order valence-electron chi connectivity index (χ2n) is 7.02. The van der Waals surface area contributed by atoms with Gasteiger partial charge in [-0.2, -0.15) is 13.2 Å². The normalized spacial score (nSPS) is 15.8. The molecule has 0 aromatic heterocycles. The van der Waals surface area contributed by atoms with Gasteiger partial charge in [-0.1, -0.05) is 36.4 Å². The van der Waals surface area contributed by atoms with Gasteiger partial charge in [-0.25, -0.2) is 4.79 Å². The average Bonchev–Trinajstić information content (AvgIpc) is 2.70. The van der Waals surface area contributed by atoms with E-state index in [1.54, 1.807) is 12.1 Å². The first-order chi connectivity index (χ1) is 13.9. The Morgan fingerprint density at radius 2 is 1.52 bits per heavy atom. The van der Waals surface area contributed by atoms with Crippen LogP contribution in [0.5, 0.6) is 0 Å². The van der Waals surface area contributed by atoms with Crippen LogP contribution in [0.15, 0.2) is 54.6 Å². The number of benzene rings is 2. The number of hydrogen-bond acceptors (Lipinski definition) is 3. The van der Waals surface area contributed by atoms with Gasteiger partial charge < -0.3 is 10.6 Å². The Morgan fingerprint density at radius 3 is 2.21 bits per heavy atom. The number of hydrogen-bond donors (Lipinski definition) is 2. The molecule has 3 rings (SSSR count). The smallest absolute Gasteiger partial charge is 0.337 e. The lowest BCUT2D eigenvalue weighted by Gasteiger charge is -2.35. The number of carbonyl (C=O) groups is 1. The monoisotopic (exact) mass is 406 g/mol. The quantitative estimate of drug-likeness (QED) is 0.770. The molecule has 1 aliphatic rings. The highest BCUT2D eigenvalue weighted by Gasteiger charge is 2.33. The third-order valence-electron chi connectivity index (χ3n) is 4.93. The Kier molecular flexibility index (Phi) is 7.11. The number of urea groups is 1. The largest absolute Gasteiger partial charge is 0.416 e. The van der Waals surface area contributed by atoms with Crippen molar-refractivity contribution in [3.8, 4) is 0 Å². The number of rotatable bonds is 6. The van der Waals surface area contributed by atoms with E-state index in [2.05, 4.69) is 15.5 Å². The van der Waals surface area contributed by atoms with E-state index in [-0.39, 0.29) is 6.03 Å². The maximum Gasteiger partial charge on any atom is 0.416 e. The van der Waals surface area contributed by atoms with E-state index in [1.807, 2.05) is 35.2 Å². The minimum atomic E-state index is -4.33. The fourth-order valence-corrected chi connectivity index (χ4v) is 3.37. The second kappa shape index (κ2) is 9.76. The Labute approximate surface area is 168 Å². The van der Waals surface area contributed by atoms with Crippen molar-refractivity contribution in [2.45, 2.75) is 12.7 Å². The number of nitrogens with one attached hydrogen (secondary N) is 2. The minimum absolute atomic E-state index is 0.251. The molecule has 1 saturated heterocycles. The van der Waals surface area contributed by atoms with Gasteiger partial charge in [-0.05, 0) is 23.8 Å². The van der Waals surface area contributed by atoms with Crippen LogP contribution in [0.2, 0.25) is 0 Å². The van der Waals surface area contributed by atoms with Crippen LogP contribution in [-0.4, -0.2) is 55.1 Å². The Morgan fingerprint density at radius 1 is 0.897 bits per heavy atom. The Bertz CT molecular complexity index is 790. The summed E-state index contributed by atoms with van der Waals surface area (Å²) in [6.45, 7) is 4.42. The summed E-state index contributed by atoms with van der Waals surface area (Å²) in [5, 5.41) is 5.59. The van der Waals surface area contributed by atoms with Crippen LogP contribution in [0.1, 0.15) is 11.1 Å². The SMILES string of the molecule is O=C(NCCN1CCN(Cc2ccccc2C(F)(F)F)CC1)Nc1ccccc1. The maximum atomic E-state index is 13.1. The molecule has 2 amide bonds. The van der Waals surface area contributed by atoms with E-state index in [0.717, 1.165) is 24.8 Å². The first kappa shape index (κ1) is 21.1. The number of anilines is 1. The zero-order chi connectivity index (χ0) is 20.7. The molecule has 2 aromatic rings. The van der Waals surface area contributed by atoms with Crippen molar-refractivity contribution in [2.75, 3.05) is 44.6 Å². The fourth-order valence-electron chi connectivity index (χ4n) is 3.37. The van der Waals surface area contributed by atoms with E-state index in [1.165, 1.54) is 6.07 Å². The molecule has 2 N–H and O–H groups in total. The fraction of sp³-hybridized carbons (Fsp3) is 0.381. The van der Waals surface area contributed by atoms with Crippen LogP contribution in [-0.2, 0) is 12.7 Å². The molecule has 0 saturated carbocycles. The van der Waals surface area contributed by atoms with Crippen molar-refractivity contribution in [1.82, 2.24) is 15.1 Å². The Balaban J connectivity index is 1.38. The van der Waals surface area contributed by atoms with Crippen molar-refractivity contribution in [3.05, 3.63) is 65.7 Å². The lowest BCUT2D eigenvalue weighted by atomic mass is 10.1. The van der Waals surface area contributed by atoms with E-state index in [9.17, 15) is 18.0 Å². The summed E-state index contributed by atoms with van der Waals surface area (Å²) in [6, 6.07) is 14.7. The number of amides is 2. The van der Waals surface area contributed by atoms with Gasteiger partial charge in [-0.15, -0.1) is 0 Å². The summed E-state index contributed by atoms with van der Waals surface area (Å²) in [4.78, 5) is 16.1. The van der Waals surface area contributed by atoms with Crippen molar-refractivity contribution in [2.24, 2.45) is 0 Å². The Hall–Kier alpha value is -2.58. The van der Waals surface area contributed by atoms with Gasteiger partial charge in [0.25, 0.3) is 0 Å². The van der Waals surface area contributed by atoms with Gasteiger partial charge >= 0.3 is 12.2 Å². The number of alkyl halides is 3. The third kappa shape index (κ3) is 6.47. The molecule has 0 atom stereocenters. The molecule has 156 valence electrons. The van der Waals surface area contributed by atoms with Crippen LogP contribution < -0.4 is 10.6 Å². The molecular weight excluding hydrogens is 381 g/mol. The second-order valence-corrected chi connectivity index (χ2v) is 7.02. The van der Waals surface area contributed by atoms with E-state index in [4.69, 9.17) is 0 Å². The van der Waals surface area contributed by atoms with Crippen LogP contribution in [0, 0.1) is 0 Å². The highest BCUT2D eigenvalue weighted by molar-refractivity contribution is 5.89. The van der Waals surface area contributed by atoms with Crippen molar-refractivity contribution < 1.29 is 18.0 Å². The van der Waals surface area contributed by atoms with Crippen molar-refractivity contribution in [3.63, 3.8) is 0 Å². The minimum Gasteiger partial charge on any atom is -0.337 e. The van der Waals surface area contributed by atoms with E-state index >= 15 is 0 Å². The van der Waals surface area contributed by atoms with Gasteiger partial charge in [0.2, 0.25) is 0 Å². The van der Waals surface area contributed by atoms with Gasteiger partial charge in [0.05, 0.1) is 5.56 Å².